The van der Waals surface area contributed by atoms with Crippen molar-refractivity contribution in [3.8, 4) is 5.75 Å². The fourth-order valence-electron chi connectivity index (χ4n) is 2.23. The Morgan fingerprint density at radius 2 is 1.59 bits per heavy atom. The van der Waals surface area contributed by atoms with E-state index in [1.807, 2.05) is 48.5 Å². The standard InChI is InChI=1S/C18H22N2O2/c1-3-14-9-5-7-11-16(14)20-18(21)19-13-22-17-12-8-6-10-15(17)4-2/h5-12H,3-4,13H2,1-2H3,(H2,19,20,21). The first-order valence-corrected chi connectivity index (χ1v) is 7.58. The highest BCUT2D eigenvalue weighted by atomic mass is 16.5. The normalized spacial score (nSPS) is 10.1. The number of carbonyl (C=O) groups excluding carboxylic acids is 1. The van der Waals surface area contributed by atoms with Gasteiger partial charge in [-0.25, -0.2) is 4.79 Å². The SMILES string of the molecule is CCc1ccccc1NC(=O)NCOc1ccccc1CC. The number of amides is 2. The molecule has 0 bridgehead atoms. The van der Waals surface area contributed by atoms with Crippen LogP contribution in [0, 0.1) is 0 Å². The van der Waals surface area contributed by atoms with Crippen molar-refractivity contribution in [3.05, 3.63) is 59.7 Å². The molecule has 2 aromatic rings. The number of aryl methyl sites for hydroxylation is 2. The molecule has 0 aliphatic rings. The van der Waals surface area contributed by atoms with Crippen LogP contribution in [0.15, 0.2) is 48.5 Å². The van der Waals surface area contributed by atoms with Gasteiger partial charge in [-0.1, -0.05) is 50.2 Å². The van der Waals surface area contributed by atoms with Crippen LogP contribution in [0.4, 0.5) is 10.5 Å². The van der Waals surface area contributed by atoms with E-state index in [4.69, 9.17) is 4.74 Å². The molecule has 0 aliphatic heterocycles. The lowest BCUT2D eigenvalue weighted by Gasteiger charge is -2.13. The van der Waals surface area contributed by atoms with Gasteiger partial charge in [0.25, 0.3) is 0 Å². The van der Waals surface area contributed by atoms with Crippen LogP contribution in [-0.4, -0.2) is 12.8 Å². The first-order valence-electron chi connectivity index (χ1n) is 7.58. The third-order valence-corrected chi connectivity index (χ3v) is 3.46. The molecule has 2 rings (SSSR count). The number of hydrogen-bond donors (Lipinski definition) is 2. The lowest BCUT2D eigenvalue weighted by atomic mass is 10.1. The summed E-state index contributed by atoms with van der Waals surface area (Å²) in [7, 11) is 0. The van der Waals surface area contributed by atoms with Crippen molar-refractivity contribution in [3.63, 3.8) is 0 Å². The van der Waals surface area contributed by atoms with Gasteiger partial charge in [0.05, 0.1) is 0 Å². The predicted octanol–water partition coefficient (Wildman–Crippen LogP) is 3.97. The summed E-state index contributed by atoms with van der Waals surface area (Å²) in [6.07, 6.45) is 1.77. The topological polar surface area (TPSA) is 50.4 Å². The summed E-state index contributed by atoms with van der Waals surface area (Å²) in [5.74, 6) is 0.805. The van der Waals surface area contributed by atoms with E-state index in [-0.39, 0.29) is 12.8 Å². The fraction of sp³-hybridized carbons (Fsp3) is 0.278. The maximum Gasteiger partial charge on any atom is 0.321 e. The molecule has 0 spiro atoms. The number of carbonyl (C=O) groups is 1. The minimum absolute atomic E-state index is 0.136. The van der Waals surface area contributed by atoms with Gasteiger partial charge in [0, 0.05) is 5.69 Å². The lowest BCUT2D eigenvalue weighted by molar-refractivity contribution is 0.234. The summed E-state index contributed by atoms with van der Waals surface area (Å²) < 4.78 is 5.62. The predicted molar refractivity (Wildman–Crippen MR) is 89.3 cm³/mol. The zero-order chi connectivity index (χ0) is 15.8. The van der Waals surface area contributed by atoms with E-state index in [0.717, 1.165) is 35.4 Å². The molecular formula is C18H22N2O2. The maximum atomic E-state index is 11.9. The third kappa shape index (κ3) is 4.25. The number of anilines is 1. The summed E-state index contributed by atoms with van der Waals surface area (Å²) in [4.78, 5) is 11.9. The second-order valence-corrected chi connectivity index (χ2v) is 4.89. The highest BCUT2D eigenvalue weighted by molar-refractivity contribution is 5.89. The van der Waals surface area contributed by atoms with Crippen molar-refractivity contribution < 1.29 is 9.53 Å². The summed E-state index contributed by atoms with van der Waals surface area (Å²) in [6.45, 7) is 4.27. The van der Waals surface area contributed by atoms with Gasteiger partial charge in [-0.05, 0) is 36.1 Å². The Labute approximate surface area is 131 Å². The minimum Gasteiger partial charge on any atom is -0.473 e. The molecule has 22 heavy (non-hydrogen) atoms. The molecule has 0 saturated carbocycles. The first kappa shape index (κ1) is 15.9. The first-order chi connectivity index (χ1) is 10.7. The molecule has 2 aromatic carbocycles. The molecule has 0 atom stereocenters. The third-order valence-electron chi connectivity index (χ3n) is 3.46. The number of para-hydroxylation sites is 2. The fourth-order valence-corrected chi connectivity index (χ4v) is 2.23. The van der Waals surface area contributed by atoms with Crippen LogP contribution in [0.1, 0.15) is 25.0 Å². The number of benzene rings is 2. The lowest BCUT2D eigenvalue weighted by Crippen LogP contribution is -2.32. The Morgan fingerprint density at radius 3 is 2.32 bits per heavy atom. The summed E-state index contributed by atoms with van der Waals surface area (Å²) >= 11 is 0. The molecular weight excluding hydrogens is 276 g/mol. The largest absolute Gasteiger partial charge is 0.473 e. The van der Waals surface area contributed by atoms with Crippen molar-refractivity contribution in [1.82, 2.24) is 5.32 Å². The number of urea groups is 1. The van der Waals surface area contributed by atoms with Gasteiger partial charge in [0.15, 0.2) is 6.73 Å². The van der Waals surface area contributed by atoms with Gasteiger partial charge in [-0.2, -0.15) is 0 Å². The van der Waals surface area contributed by atoms with E-state index >= 15 is 0 Å². The molecule has 0 aromatic heterocycles. The van der Waals surface area contributed by atoms with Gasteiger partial charge in [0.1, 0.15) is 5.75 Å². The molecule has 0 fully saturated rings. The number of hydrogen-bond acceptors (Lipinski definition) is 2. The molecule has 0 saturated heterocycles. The zero-order valence-corrected chi connectivity index (χ0v) is 13.1. The number of ether oxygens (including phenoxy) is 1. The maximum absolute atomic E-state index is 11.9. The van der Waals surface area contributed by atoms with E-state index in [2.05, 4.69) is 24.5 Å². The molecule has 0 heterocycles. The van der Waals surface area contributed by atoms with E-state index in [0.29, 0.717) is 0 Å². The molecule has 0 radical (unpaired) electrons. The Morgan fingerprint density at radius 1 is 0.955 bits per heavy atom. The van der Waals surface area contributed by atoms with Gasteiger partial charge < -0.3 is 15.4 Å². The number of rotatable bonds is 6. The minimum atomic E-state index is -0.269. The molecule has 4 heteroatoms. The summed E-state index contributed by atoms with van der Waals surface area (Å²) in [6, 6.07) is 15.3. The molecule has 2 amide bonds. The van der Waals surface area contributed by atoms with Crippen LogP contribution in [0.3, 0.4) is 0 Å². The van der Waals surface area contributed by atoms with Crippen LogP contribution in [-0.2, 0) is 12.8 Å². The molecule has 0 unspecified atom stereocenters. The summed E-state index contributed by atoms with van der Waals surface area (Å²) in [5, 5.41) is 5.56. The zero-order valence-electron chi connectivity index (χ0n) is 13.1. The van der Waals surface area contributed by atoms with Crippen molar-refractivity contribution in [2.45, 2.75) is 26.7 Å². The second kappa shape index (κ2) is 8.08. The molecule has 116 valence electrons. The van der Waals surface area contributed by atoms with Crippen molar-refractivity contribution >= 4 is 11.7 Å². The molecule has 0 aliphatic carbocycles. The van der Waals surface area contributed by atoms with Crippen molar-refractivity contribution in [2.75, 3.05) is 12.0 Å². The van der Waals surface area contributed by atoms with E-state index < -0.39 is 0 Å². The van der Waals surface area contributed by atoms with Crippen LogP contribution >= 0.6 is 0 Å². The Bertz CT molecular complexity index is 626. The Balaban J connectivity index is 1.85. The van der Waals surface area contributed by atoms with Gasteiger partial charge in [-0.15, -0.1) is 0 Å². The average molecular weight is 298 g/mol. The van der Waals surface area contributed by atoms with Gasteiger partial charge in [-0.3, -0.25) is 0 Å². The van der Waals surface area contributed by atoms with E-state index in [1.54, 1.807) is 0 Å². The number of nitrogens with one attached hydrogen (secondary N) is 2. The quantitative estimate of drug-likeness (QED) is 0.793. The second-order valence-electron chi connectivity index (χ2n) is 4.89. The van der Waals surface area contributed by atoms with Crippen LogP contribution in [0.2, 0.25) is 0 Å². The van der Waals surface area contributed by atoms with Gasteiger partial charge >= 0.3 is 6.03 Å². The Hall–Kier alpha value is -2.49. The highest BCUT2D eigenvalue weighted by Crippen LogP contribution is 2.18. The highest BCUT2D eigenvalue weighted by Gasteiger charge is 2.05. The summed E-state index contributed by atoms with van der Waals surface area (Å²) in [5.41, 5.74) is 3.06. The average Bonchev–Trinajstić information content (AvgIpc) is 2.55. The molecule has 2 N–H and O–H groups in total. The van der Waals surface area contributed by atoms with E-state index in [1.165, 1.54) is 0 Å². The van der Waals surface area contributed by atoms with Crippen molar-refractivity contribution in [1.29, 1.82) is 0 Å². The Kier molecular flexibility index (Phi) is 5.83. The van der Waals surface area contributed by atoms with Crippen LogP contribution in [0.5, 0.6) is 5.75 Å². The monoisotopic (exact) mass is 298 g/mol. The van der Waals surface area contributed by atoms with Gasteiger partial charge in [0.2, 0.25) is 0 Å². The van der Waals surface area contributed by atoms with Crippen LogP contribution in [0.25, 0.3) is 0 Å². The van der Waals surface area contributed by atoms with Crippen molar-refractivity contribution in [2.24, 2.45) is 0 Å². The smallest absolute Gasteiger partial charge is 0.321 e. The van der Waals surface area contributed by atoms with E-state index in [9.17, 15) is 4.79 Å². The van der Waals surface area contributed by atoms with Crippen LogP contribution < -0.4 is 15.4 Å². The molecule has 4 nitrogen and oxygen atoms in total.